The Morgan fingerprint density at radius 2 is 1.71 bits per heavy atom. The lowest BCUT2D eigenvalue weighted by Crippen LogP contribution is -2.24. The first-order chi connectivity index (χ1) is 16.1. The summed E-state index contributed by atoms with van der Waals surface area (Å²) in [5.41, 5.74) is 3.24. The van der Waals surface area contributed by atoms with E-state index >= 15 is 0 Å². The number of aromatic carboxylic acids is 1. The van der Waals surface area contributed by atoms with Crippen LogP contribution in [-0.4, -0.2) is 42.7 Å². The molecule has 0 aliphatic heterocycles. The number of fused-ring (bicyclic) bond motifs is 1. The first-order valence-electron chi connectivity index (χ1n) is 10.8. The number of nitro groups is 1. The van der Waals surface area contributed by atoms with E-state index < -0.39 is 20.9 Å². The third-order valence-electron chi connectivity index (χ3n) is 5.73. The molecule has 0 radical (unpaired) electrons. The fraction of sp³-hybridized carbons (Fsp3) is 0.292. The van der Waals surface area contributed by atoms with Gasteiger partial charge in [0.15, 0.2) is 0 Å². The van der Waals surface area contributed by atoms with Crippen molar-refractivity contribution >= 4 is 21.7 Å². The summed E-state index contributed by atoms with van der Waals surface area (Å²) >= 11 is 0. The van der Waals surface area contributed by atoms with Crippen LogP contribution in [0.5, 0.6) is 0 Å². The molecular formula is C24H26N2O7S. The molecule has 0 fully saturated rings. The lowest BCUT2D eigenvalue weighted by Gasteiger charge is -2.07. The normalized spacial score (nSPS) is 12.5. The molecule has 0 saturated heterocycles. The first kappa shape index (κ1) is 25.3. The molecule has 3 rings (SSSR count). The summed E-state index contributed by atoms with van der Waals surface area (Å²) in [6.45, 7) is 2.05. The molecule has 0 saturated carbocycles. The maximum Gasteiger partial charge on any atom is 0.336 e. The number of nitro benzene ring substituents is 1. The average molecular weight is 487 g/mol. The Labute approximate surface area is 197 Å². The highest BCUT2D eigenvalue weighted by Crippen LogP contribution is 2.34. The number of benzene rings is 1. The standard InChI is InChI=1S/C24H26N2O7S/c1-16(15-27)17-5-11-21-18(14-23(24(28)29)22(21)12-6-17)4-2-3-13-25-34(32,33)20-9-7-19(8-10-20)26(30)31/h5-12,14,16,25,27H,2-4,13,15H2,1H3,(H,28,29). The third-order valence-corrected chi connectivity index (χ3v) is 7.20. The lowest BCUT2D eigenvalue weighted by molar-refractivity contribution is -0.384. The van der Waals surface area contributed by atoms with Crippen LogP contribution in [0.1, 0.15) is 47.2 Å². The fourth-order valence-corrected chi connectivity index (χ4v) is 4.81. The number of sulfonamides is 1. The minimum absolute atomic E-state index is 0.0112. The van der Waals surface area contributed by atoms with E-state index in [0.717, 1.165) is 28.8 Å². The van der Waals surface area contributed by atoms with E-state index in [1.807, 2.05) is 25.1 Å². The van der Waals surface area contributed by atoms with E-state index in [1.54, 1.807) is 12.1 Å². The largest absolute Gasteiger partial charge is 0.478 e. The fourth-order valence-electron chi connectivity index (χ4n) is 3.73. The highest BCUT2D eigenvalue weighted by atomic mass is 32.2. The van der Waals surface area contributed by atoms with Gasteiger partial charge in [0.05, 0.1) is 15.4 Å². The second-order valence-corrected chi connectivity index (χ2v) is 9.84. The lowest BCUT2D eigenvalue weighted by atomic mass is 10.0. The van der Waals surface area contributed by atoms with Crippen LogP contribution in [-0.2, 0) is 16.4 Å². The molecule has 2 aliphatic rings. The number of rotatable bonds is 11. The number of aliphatic hydroxyl groups excluding tert-OH is 1. The quantitative estimate of drug-likeness (QED) is 0.212. The van der Waals surface area contributed by atoms with Gasteiger partial charge in [-0.15, -0.1) is 0 Å². The topological polar surface area (TPSA) is 147 Å². The molecule has 0 aromatic heterocycles. The van der Waals surface area contributed by atoms with Gasteiger partial charge in [-0.25, -0.2) is 17.9 Å². The molecule has 2 aliphatic carbocycles. The van der Waals surface area contributed by atoms with Crippen LogP contribution in [0.25, 0.3) is 11.1 Å². The Bertz CT molecular complexity index is 1260. The van der Waals surface area contributed by atoms with Crippen LogP contribution < -0.4 is 4.72 Å². The molecule has 0 amide bonds. The van der Waals surface area contributed by atoms with Gasteiger partial charge >= 0.3 is 5.97 Å². The molecule has 9 nitrogen and oxygen atoms in total. The summed E-state index contributed by atoms with van der Waals surface area (Å²) < 4.78 is 27.3. The summed E-state index contributed by atoms with van der Waals surface area (Å²) in [5.74, 6) is -1.09. The van der Waals surface area contributed by atoms with Crippen molar-refractivity contribution in [2.75, 3.05) is 13.2 Å². The molecule has 0 spiro atoms. The number of nitrogens with one attached hydrogen (secondary N) is 1. The molecule has 3 N–H and O–H groups in total. The number of nitrogens with zero attached hydrogens (tertiary/aromatic N) is 1. The minimum Gasteiger partial charge on any atom is -0.478 e. The van der Waals surface area contributed by atoms with Gasteiger partial charge in [-0.05, 0) is 59.7 Å². The summed E-state index contributed by atoms with van der Waals surface area (Å²) in [4.78, 5) is 21.8. The molecule has 1 unspecified atom stereocenters. The highest BCUT2D eigenvalue weighted by Gasteiger charge is 2.20. The number of carboxylic acids is 1. The Hall–Kier alpha value is -3.34. The first-order valence-corrected chi connectivity index (χ1v) is 12.3. The minimum atomic E-state index is -3.78. The second kappa shape index (κ2) is 10.7. The van der Waals surface area contributed by atoms with Gasteiger partial charge in [0.1, 0.15) is 0 Å². The van der Waals surface area contributed by atoms with Gasteiger partial charge in [0.25, 0.3) is 5.69 Å². The predicted octanol–water partition coefficient (Wildman–Crippen LogP) is 3.79. The monoisotopic (exact) mass is 486 g/mol. The van der Waals surface area contributed by atoms with Crippen molar-refractivity contribution in [3.05, 3.63) is 81.4 Å². The van der Waals surface area contributed by atoms with Crippen molar-refractivity contribution in [1.29, 1.82) is 0 Å². The van der Waals surface area contributed by atoms with Crippen LogP contribution in [0.4, 0.5) is 5.69 Å². The molecular weight excluding hydrogens is 460 g/mol. The molecule has 0 heterocycles. The van der Waals surface area contributed by atoms with E-state index in [4.69, 9.17) is 0 Å². The molecule has 180 valence electrons. The van der Waals surface area contributed by atoms with Crippen molar-refractivity contribution in [2.24, 2.45) is 0 Å². The SMILES string of the molecule is CC(CO)c1ccc2c(CCCCNS(=O)(=O)c3ccc([N+](=O)[O-])cc3)cc(C(=O)O)c-2cc1. The zero-order valence-electron chi connectivity index (χ0n) is 18.6. The van der Waals surface area contributed by atoms with Crippen LogP contribution in [0.2, 0.25) is 0 Å². The van der Waals surface area contributed by atoms with Crippen LogP contribution in [0.3, 0.4) is 0 Å². The Balaban J connectivity index is 1.65. The predicted molar refractivity (Wildman–Crippen MR) is 127 cm³/mol. The maximum absolute atomic E-state index is 12.4. The molecule has 10 heteroatoms. The Kier molecular flexibility index (Phi) is 7.98. The van der Waals surface area contributed by atoms with Crippen molar-refractivity contribution in [3.8, 4) is 11.1 Å². The number of hydrogen-bond acceptors (Lipinski definition) is 6. The highest BCUT2D eigenvalue weighted by molar-refractivity contribution is 7.89. The van der Waals surface area contributed by atoms with Crippen LogP contribution in [0.15, 0.2) is 59.5 Å². The van der Waals surface area contributed by atoms with E-state index in [0.29, 0.717) is 24.8 Å². The maximum atomic E-state index is 12.4. The van der Waals surface area contributed by atoms with E-state index in [9.17, 15) is 33.5 Å². The number of hydrogen-bond donors (Lipinski definition) is 3. The van der Waals surface area contributed by atoms with Gasteiger partial charge in [0, 0.05) is 31.2 Å². The number of aliphatic hydroxyl groups is 1. The van der Waals surface area contributed by atoms with Crippen molar-refractivity contribution in [1.82, 2.24) is 4.72 Å². The molecule has 0 bridgehead atoms. The summed E-state index contributed by atoms with van der Waals surface area (Å²) in [6.07, 6.45) is 1.71. The molecule has 1 aromatic rings. The van der Waals surface area contributed by atoms with Gasteiger partial charge < -0.3 is 10.2 Å². The Morgan fingerprint density at radius 1 is 1.06 bits per heavy atom. The third kappa shape index (κ3) is 5.77. The number of non-ortho nitro benzene ring substituents is 1. The second-order valence-electron chi connectivity index (χ2n) is 8.07. The van der Waals surface area contributed by atoms with Gasteiger partial charge in [-0.3, -0.25) is 10.1 Å². The number of carboxylic acid groups (broad SMARTS) is 1. The van der Waals surface area contributed by atoms with E-state index in [1.165, 1.54) is 12.1 Å². The van der Waals surface area contributed by atoms with Gasteiger partial charge in [0.2, 0.25) is 10.0 Å². The number of aryl methyl sites for hydroxylation is 1. The van der Waals surface area contributed by atoms with Crippen molar-refractivity contribution in [3.63, 3.8) is 0 Å². The van der Waals surface area contributed by atoms with Crippen LogP contribution in [0, 0.1) is 10.1 Å². The molecule has 1 aromatic carbocycles. The Morgan fingerprint density at radius 3 is 2.29 bits per heavy atom. The zero-order valence-corrected chi connectivity index (χ0v) is 19.4. The summed E-state index contributed by atoms with van der Waals surface area (Å²) in [7, 11) is -3.78. The van der Waals surface area contributed by atoms with Crippen molar-refractivity contribution in [2.45, 2.75) is 37.0 Å². The smallest absolute Gasteiger partial charge is 0.336 e. The average Bonchev–Trinajstić information content (AvgIpc) is 3.01. The van der Waals surface area contributed by atoms with Crippen LogP contribution >= 0.6 is 0 Å². The molecule has 34 heavy (non-hydrogen) atoms. The van der Waals surface area contributed by atoms with E-state index in [-0.39, 0.29) is 35.2 Å². The van der Waals surface area contributed by atoms with Gasteiger partial charge in [-0.1, -0.05) is 31.2 Å². The summed E-state index contributed by atoms with van der Waals surface area (Å²) in [5, 5.41) is 29.7. The van der Waals surface area contributed by atoms with Gasteiger partial charge in [-0.2, -0.15) is 0 Å². The molecule has 1 atom stereocenters. The number of carbonyl (C=O) groups is 1. The number of unbranched alkanes of at least 4 members (excludes halogenated alkanes) is 1. The van der Waals surface area contributed by atoms with Crippen molar-refractivity contribution < 1.29 is 28.3 Å². The zero-order chi connectivity index (χ0) is 24.9. The summed E-state index contributed by atoms with van der Waals surface area (Å²) in [6, 6.07) is 13.7. The van der Waals surface area contributed by atoms with E-state index in [2.05, 4.69) is 4.72 Å².